The summed E-state index contributed by atoms with van der Waals surface area (Å²) in [6, 6.07) is 5.85. The first-order valence-corrected chi connectivity index (χ1v) is 11.1. The lowest BCUT2D eigenvalue weighted by Gasteiger charge is -2.29. The molecule has 152 valence electrons. The van der Waals surface area contributed by atoms with Crippen molar-refractivity contribution in [2.24, 2.45) is 17.6 Å². The van der Waals surface area contributed by atoms with E-state index in [0.717, 1.165) is 49.4 Å². The Labute approximate surface area is 174 Å². The maximum atomic E-state index is 12.7. The highest BCUT2D eigenvalue weighted by Gasteiger charge is 2.42. The van der Waals surface area contributed by atoms with Gasteiger partial charge in [-0.3, -0.25) is 9.59 Å². The van der Waals surface area contributed by atoms with Crippen LogP contribution >= 0.6 is 23.4 Å². The number of thioether (sulfide) groups is 1. The number of hydrogen-bond acceptors (Lipinski definition) is 6. The second-order valence-corrected chi connectivity index (χ2v) is 9.44. The van der Waals surface area contributed by atoms with Gasteiger partial charge in [0.2, 0.25) is 5.91 Å². The van der Waals surface area contributed by atoms with Gasteiger partial charge in [0, 0.05) is 35.5 Å². The number of carbonyl (C=O) groups is 2. The summed E-state index contributed by atoms with van der Waals surface area (Å²) in [7, 11) is 0. The zero-order chi connectivity index (χ0) is 19.7. The van der Waals surface area contributed by atoms with Crippen molar-refractivity contribution in [1.29, 1.82) is 0 Å². The Morgan fingerprint density at radius 3 is 2.61 bits per heavy atom. The van der Waals surface area contributed by atoms with E-state index in [1.807, 2.05) is 18.2 Å². The van der Waals surface area contributed by atoms with Crippen molar-refractivity contribution in [3.05, 3.63) is 23.2 Å². The van der Waals surface area contributed by atoms with Crippen molar-refractivity contribution >= 4 is 40.1 Å². The van der Waals surface area contributed by atoms with Gasteiger partial charge in [-0.05, 0) is 50.3 Å². The SMILES string of the molecule is NC1(NC(=O)C2CCC(C(=O)Sc3ccc(N4CCOCC4)cc3Cl)C2)CC1. The normalized spacial score (nSPS) is 26.1. The molecule has 3 aliphatic rings. The lowest BCUT2D eigenvalue weighted by atomic mass is 10.1. The summed E-state index contributed by atoms with van der Waals surface area (Å²) in [5.74, 6) is -0.230. The molecule has 1 heterocycles. The molecule has 1 saturated heterocycles. The molecular formula is C20H26ClN3O3S. The van der Waals surface area contributed by atoms with E-state index in [2.05, 4.69) is 10.2 Å². The van der Waals surface area contributed by atoms with E-state index in [0.29, 0.717) is 24.7 Å². The minimum absolute atomic E-state index is 0.00630. The van der Waals surface area contributed by atoms with Crippen LogP contribution in [0.5, 0.6) is 0 Å². The first-order chi connectivity index (χ1) is 13.4. The molecule has 8 heteroatoms. The number of nitrogens with zero attached hydrogens (tertiary/aromatic N) is 1. The third-order valence-electron chi connectivity index (χ3n) is 5.80. The third kappa shape index (κ3) is 4.64. The average Bonchev–Trinajstić information content (AvgIpc) is 3.20. The van der Waals surface area contributed by atoms with Gasteiger partial charge in [0.1, 0.15) is 0 Å². The predicted molar refractivity (Wildman–Crippen MR) is 110 cm³/mol. The lowest BCUT2D eigenvalue weighted by molar-refractivity contribution is -0.125. The highest BCUT2D eigenvalue weighted by molar-refractivity contribution is 8.13. The molecule has 2 aliphatic carbocycles. The highest BCUT2D eigenvalue weighted by atomic mass is 35.5. The minimum atomic E-state index is -0.496. The minimum Gasteiger partial charge on any atom is -0.378 e. The van der Waals surface area contributed by atoms with Crippen molar-refractivity contribution in [1.82, 2.24) is 5.32 Å². The number of morpholine rings is 1. The molecule has 0 bridgehead atoms. The van der Waals surface area contributed by atoms with Crippen LogP contribution in [0.3, 0.4) is 0 Å². The van der Waals surface area contributed by atoms with Crippen LogP contribution in [0.1, 0.15) is 32.1 Å². The first kappa shape index (κ1) is 20.0. The van der Waals surface area contributed by atoms with Gasteiger partial charge in [0.25, 0.3) is 0 Å². The molecule has 3 fully saturated rings. The highest BCUT2D eigenvalue weighted by Crippen LogP contribution is 2.39. The fourth-order valence-corrected chi connectivity index (χ4v) is 5.00. The van der Waals surface area contributed by atoms with E-state index in [1.165, 1.54) is 11.8 Å². The van der Waals surface area contributed by atoms with E-state index in [9.17, 15) is 9.59 Å². The molecule has 1 amide bonds. The summed E-state index contributed by atoms with van der Waals surface area (Å²) in [6.45, 7) is 3.12. The standard InChI is InChI=1S/C20H26ClN3O3S/c21-16-12-15(24-7-9-27-10-8-24)3-4-17(16)28-19(26)14-2-1-13(11-14)18(25)23-20(22)5-6-20/h3-4,12-14H,1-2,5-11,22H2,(H,23,25). The number of benzene rings is 1. The molecule has 1 aromatic carbocycles. The van der Waals surface area contributed by atoms with Gasteiger partial charge >= 0.3 is 0 Å². The van der Waals surface area contributed by atoms with E-state index in [4.69, 9.17) is 22.1 Å². The van der Waals surface area contributed by atoms with Crippen LogP contribution in [0.4, 0.5) is 5.69 Å². The van der Waals surface area contributed by atoms with E-state index < -0.39 is 5.66 Å². The van der Waals surface area contributed by atoms with E-state index in [-0.39, 0.29) is 22.9 Å². The molecule has 3 N–H and O–H groups in total. The maximum absolute atomic E-state index is 12.7. The van der Waals surface area contributed by atoms with E-state index in [1.54, 1.807) is 0 Å². The molecule has 1 aliphatic heterocycles. The number of carbonyl (C=O) groups excluding carboxylic acids is 2. The molecule has 6 nitrogen and oxygen atoms in total. The summed E-state index contributed by atoms with van der Waals surface area (Å²) in [6.07, 6.45) is 3.75. The monoisotopic (exact) mass is 423 g/mol. The van der Waals surface area contributed by atoms with Crippen LogP contribution in [-0.4, -0.2) is 43.0 Å². The number of halogens is 1. The second-order valence-electron chi connectivity index (χ2n) is 7.99. The summed E-state index contributed by atoms with van der Waals surface area (Å²) < 4.78 is 5.38. The first-order valence-electron chi connectivity index (χ1n) is 9.88. The van der Waals surface area contributed by atoms with Gasteiger partial charge in [0.15, 0.2) is 5.12 Å². The van der Waals surface area contributed by atoms with Crippen LogP contribution in [-0.2, 0) is 14.3 Å². The Hall–Kier alpha value is -1.28. The second kappa shape index (κ2) is 8.22. The molecule has 28 heavy (non-hydrogen) atoms. The third-order valence-corrected chi connectivity index (χ3v) is 7.34. The van der Waals surface area contributed by atoms with Gasteiger partial charge in [-0.2, -0.15) is 0 Å². The van der Waals surface area contributed by atoms with Crippen molar-refractivity contribution in [3.63, 3.8) is 0 Å². The zero-order valence-corrected chi connectivity index (χ0v) is 17.4. The molecule has 2 atom stereocenters. The van der Waals surface area contributed by atoms with Crippen LogP contribution in [0, 0.1) is 11.8 Å². The maximum Gasteiger partial charge on any atom is 0.224 e. The summed E-state index contributed by atoms with van der Waals surface area (Å²) in [5.41, 5.74) is 6.52. The quantitative estimate of drug-likeness (QED) is 0.559. The number of anilines is 1. The number of nitrogens with two attached hydrogens (primary N) is 1. The van der Waals surface area contributed by atoms with E-state index >= 15 is 0 Å². The summed E-state index contributed by atoms with van der Waals surface area (Å²) in [5, 5.41) is 3.59. The fourth-order valence-electron chi connectivity index (χ4n) is 3.82. The number of nitrogens with one attached hydrogen (secondary N) is 1. The Morgan fingerprint density at radius 1 is 1.21 bits per heavy atom. The average molecular weight is 424 g/mol. The van der Waals surface area contributed by atoms with Gasteiger partial charge in [-0.25, -0.2) is 0 Å². The molecule has 2 saturated carbocycles. The molecule has 2 unspecified atom stereocenters. The topological polar surface area (TPSA) is 84.7 Å². The van der Waals surface area contributed by atoms with Crippen molar-refractivity contribution in [2.45, 2.75) is 42.7 Å². The van der Waals surface area contributed by atoms with Gasteiger partial charge < -0.3 is 20.7 Å². The molecule has 0 spiro atoms. The van der Waals surface area contributed by atoms with Crippen LogP contribution in [0.2, 0.25) is 5.02 Å². The van der Waals surface area contributed by atoms with Gasteiger partial charge in [-0.15, -0.1) is 0 Å². The van der Waals surface area contributed by atoms with Gasteiger partial charge in [-0.1, -0.05) is 23.4 Å². The van der Waals surface area contributed by atoms with Crippen molar-refractivity contribution < 1.29 is 14.3 Å². The lowest BCUT2D eigenvalue weighted by Crippen LogP contribution is -2.46. The molecule has 0 radical (unpaired) electrons. The number of amides is 1. The van der Waals surface area contributed by atoms with Crippen molar-refractivity contribution in [2.75, 3.05) is 31.2 Å². The number of ether oxygens (including phenoxy) is 1. The van der Waals surface area contributed by atoms with Crippen molar-refractivity contribution in [3.8, 4) is 0 Å². The summed E-state index contributed by atoms with van der Waals surface area (Å²) >= 11 is 7.64. The number of hydrogen-bond donors (Lipinski definition) is 2. The molecule has 1 aromatic rings. The predicted octanol–water partition coefficient (Wildman–Crippen LogP) is 2.78. The Kier molecular flexibility index (Phi) is 5.88. The van der Waals surface area contributed by atoms with Crippen LogP contribution in [0.25, 0.3) is 0 Å². The molecule has 4 rings (SSSR count). The smallest absolute Gasteiger partial charge is 0.224 e. The largest absolute Gasteiger partial charge is 0.378 e. The molecule has 0 aromatic heterocycles. The number of rotatable bonds is 5. The molecular weight excluding hydrogens is 398 g/mol. The Bertz CT molecular complexity index is 765. The Balaban J connectivity index is 1.32. The van der Waals surface area contributed by atoms with Crippen LogP contribution in [0.15, 0.2) is 23.1 Å². The zero-order valence-electron chi connectivity index (χ0n) is 15.8. The Morgan fingerprint density at radius 2 is 1.93 bits per heavy atom. The van der Waals surface area contributed by atoms with Gasteiger partial charge in [0.05, 0.1) is 23.9 Å². The fraction of sp³-hybridized carbons (Fsp3) is 0.600. The van der Waals surface area contributed by atoms with Crippen LogP contribution < -0.4 is 16.0 Å². The summed E-state index contributed by atoms with van der Waals surface area (Å²) in [4.78, 5) is 28.1.